The zero-order valence-electron chi connectivity index (χ0n) is 16.1. The monoisotopic (exact) mass is 418 g/mol. The Morgan fingerprint density at radius 2 is 2.04 bits per heavy atom. The highest BCUT2D eigenvalue weighted by molar-refractivity contribution is 7.89. The zero-order chi connectivity index (χ0) is 19.7. The number of sulfonamides is 1. The third kappa shape index (κ3) is 3.88. The molecule has 2 heterocycles. The van der Waals surface area contributed by atoms with E-state index >= 15 is 0 Å². The molecule has 2 aromatic rings. The van der Waals surface area contributed by atoms with E-state index in [4.69, 9.17) is 0 Å². The predicted molar refractivity (Wildman–Crippen MR) is 111 cm³/mol. The Bertz CT molecular complexity index is 968. The number of fused-ring (bicyclic) bond motifs is 1. The minimum atomic E-state index is -3.62. The topological polar surface area (TPSA) is 66.5 Å². The van der Waals surface area contributed by atoms with Gasteiger partial charge in [-0.15, -0.1) is 11.3 Å². The van der Waals surface area contributed by atoms with Crippen LogP contribution in [-0.4, -0.2) is 31.2 Å². The number of carbonyl (C=O) groups excluding carboxylic acids is 1. The van der Waals surface area contributed by atoms with Gasteiger partial charge in [0, 0.05) is 29.6 Å². The molecule has 4 rings (SSSR count). The van der Waals surface area contributed by atoms with E-state index in [1.807, 2.05) is 11.4 Å². The number of nitrogens with one attached hydrogen (secondary N) is 1. The van der Waals surface area contributed by atoms with Gasteiger partial charge in [0.25, 0.3) is 5.91 Å². The van der Waals surface area contributed by atoms with Gasteiger partial charge in [-0.2, -0.15) is 4.31 Å². The molecule has 1 aliphatic carbocycles. The largest absolute Gasteiger partial charge is 0.349 e. The van der Waals surface area contributed by atoms with Crippen molar-refractivity contribution in [3.63, 3.8) is 0 Å². The van der Waals surface area contributed by atoms with Gasteiger partial charge >= 0.3 is 0 Å². The first-order chi connectivity index (χ1) is 13.4. The third-order valence-corrected chi connectivity index (χ3v) is 8.80. The number of benzene rings is 1. The van der Waals surface area contributed by atoms with Crippen LogP contribution in [0.5, 0.6) is 0 Å². The highest BCUT2D eigenvalue weighted by atomic mass is 32.2. The summed E-state index contributed by atoms with van der Waals surface area (Å²) >= 11 is 1.68. The molecule has 0 spiro atoms. The molecule has 5 nitrogen and oxygen atoms in total. The maximum Gasteiger partial charge on any atom is 0.251 e. The van der Waals surface area contributed by atoms with Gasteiger partial charge in [0.1, 0.15) is 0 Å². The average Bonchev–Trinajstić information content (AvgIpc) is 3.17. The first-order valence-corrected chi connectivity index (χ1v) is 12.2. The van der Waals surface area contributed by atoms with Crippen molar-refractivity contribution in [3.8, 4) is 0 Å². The molecule has 1 amide bonds. The molecule has 0 bridgehead atoms. The minimum absolute atomic E-state index is 0.167. The van der Waals surface area contributed by atoms with Gasteiger partial charge in [-0.25, -0.2) is 8.42 Å². The normalized spacial score (nSPS) is 23.2. The molecule has 7 heteroatoms. The summed E-state index contributed by atoms with van der Waals surface area (Å²) in [5.74, 6) is 0.271. The molecule has 1 saturated carbocycles. The number of nitrogens with zero attached hydrogens (tertiary/aromatic N) is 1. The van der Waals surface area contributed by atoms with E-state index < -0.39 is 10.0 Å². The lowest BCUT2D eigenvalue weighted by molar-refractivity contribution is 0.0910. The van der Waals surface area contributed by atoms with E-state index in [0.717, 1.165) is 31.2 Å². The highest BCUT2D eigenvalue weighted by Gasteiger charge is 2.30. The van der Waals surface area contributed by atoms with E-state index in [1.54, 1.807) is 29.5 Å². The standard InChI is InChI=1S/C21H26N2O3S2/c1-15-5-2-3-8-19(15)22-21(24)16-6-4-7-18(13-16)28(25,26)23-11-9-20-17(14-23)10-12-27-20/h4,6-7,10,12-13,15,19H,2-3,5,8-9,11,14H2,1H3,(H,22,24). The van der Waals surface area contributed by atoms with E-state index in [1.165, 1.54) is 21.7 Å². The summed E-state index contributed by atoms with van der Waals surface area (Å²) in [6, 6.07) is 8.61. The molecule has 1 aromatic heterocycles. The average molecular weight is 419 g/mol. The van der Waals surface area contributed by atoms with Gasteiger partial charge in [0.05, 0.1) is 4.90 Å². The van der Waals surface area contributed by atoms with Gasteiger partial charge in [0.2, 0.25) is 10.0 Å². The van der Waals surface area contributed by atoms with Crippen molar-refractivity contribution >= 4 is 27.3 Å². The maximum absolute atomic E-state index is 13.1. The number of hydrogen-bond acceptors (Lipinski definition) is 4. The molecule has 1 fully saturated rings. The highest BCUT2D eigenvalue weighted by Crippen LogP contribution is 2.29. The van der Waals surface area contributed by atoms with E-state index in [9.17, 15) is 13.2 Å². The Labute approximate surface area is 170 Å². The van der Waals surface area contributed by atoms with Crippen molar-refractivity contribution < 1.29 is 13.2 Å². The summed E-state index contributed by atoms with van der Waals surface area (Å²) in [6.07, 6.45) is 5.19. The first-order valence-electron chi connectivity index (χ1n) is 9.91. The summed E-state index contributed by atoms with van der Waals surface area (Å²) in [4.78, 5) is 14.2. The second kappa shape index (κ2) is 7.97. The Hall–Kier alpha value is -1.70. The van der Waals surface area contributed by atoms with Crippen LogP contribution in [0.4, 0.5) is 0 Å². The van der Waals surface area contributed by atoms with E-state index in [-0.39, 0.29) is 16.8 Å². The quantitative estimate of drug-likeness (QED) is 0.821. The van der Waals surface area contributed by atoms with Gasteiger partial charge in [-0.3, -0.25) is 4.79 Å². The van der Waals surface area contributed by atoms with Crippen molar-refractivity contribution in [3.05, 3.63) is 51.7 Å². The van der Waals surface area contributed by atoms with E-state index in [0.29, 0.717) is 24.6 Å². The van der Waals surface area contributed by atoms with Crippen LogP contribution >= 0.6 is 11.3 Å². The van der Waals surface area contributed by atoms with Gasteiger partial charge in [-0.1, -0.05) is 25.8 Å². The van der Waals surface area contributed by atoms with Crippen LogP contribution in [0.15, 0.2) is 40.6 Å². The molecule has 2 unspecified atom stereocenters. The number of thiophene rings is 1. The molecule has 1 aliphatic heterocycles. The lowest BCUT2D eigenvalue weighted by Gasteiger charge is -2.29. The zero-order valence-corrected chi connectivity index (χ0v) is 17.7. The number of amides is 1. The predicted octanol–water partition coefficient (Wildman–Crippen LogP) is 3.80. The van der Waals surface area contributed by atoms with Crippen molar-refractivity contribution in [1.29, 1.82) is 0 Å². The fourth-order valence-electron chi connectivity index (χ4n) is 4.16. The molecular formula is C21H26N2O3S2. The van der Waals surface area contributed by atoms with Crippen LogP contribution in [0.2, 0.25) is 0 Å². The molecule has 2 atom stereocenters. The fourth-order valence-corrected chi connectivity index (χ4v) is 6.51. The summed E-state index contributed by atoms with van der Waals surface area (Å²) < 4.78 is 27.8. The summed E-state index contributed by atoms with van der Waals surface area (Å²) in [7, 11) is -3.62. The van der Waals surface area contributed by atoms with Crippen LogP contribution < -0.4 is 5.32 Å². The second-order valence-electron chi connectivity index (χ2n) is 7.83. The third-order valence-electron chi connectivity index (χ3n) is 5.93. The van der Waals surface area contributed by atoms with Crippen molar-refractivity contribution in [2.24, 2.45) is 5.92 Å². The van der Waals surface area contributed by atoms with Gasteiger partial charge in [-0.05, 0) is 60.4 Å². The molecule has 28 heavy (non-hydrogen) atoms. The summed E-state index contributed by atoms with van der Waals surface area (Å²) in [5.41, 5.74) is 1.49. The Morgan fingerprint density at radius 1 is 1.21 bits per heavy atom. The molecule has 150 valence electrons. The Kier molecular flexibility index (Phi) is 5.58. The minimum Gasteiger partial charge on any atom is -0.349 e. The van der Waals surface area contributed by atoms with Crippen molar-refractivity contribution in [2.75, 3.05) is 6.54 Å². The molecule has 0 radical (unpaired) electrons. The van der Waals surface area contributed by atoms with Crippen LogP contribution in [0, 0.1) is 5.92 Å². The Morgan fingerprint density at radius 3 is 2.86 bits per heavy atom. The summed E-state index contributed by atoms with van der Waals surface area (Å²) in [5, 5.41) is 5.12. The summed E-state index contributed by atoms with van der Waals surface area (Å²) in [6.45, 7) is 3.04. The SMILES string of the molecule is CC1CCCCC1NC(=O)c1cccc(S(=O)(=O)N2CCc3sccc3C2)c1. The number of carbonyl (C=O) groups is 1. The second-order valence-corrected chi connectivity index (χ2v) is 10.8. The van der Waals surface area contributed by atoms with Crippen molar-refractivity contribution in [2.45, 2.75) is 56.5 Å². The molecule has 1 N–H and O–H groups in total. The fraction of sp³-hybridized carbons (Fsp3) is 0.476. The van der Waals surface area contributed by atoms with E-state index in [2.05, 4.69) is 12.2 Å². The van der Waals surface area contributed by atoms with Crippen LogP contribution in [0.3, 0.4) is 0 Å². The first kappa shape index (κ1) is 19.6. The molecule has 0 saturated heterocycles. The van der Waals surface area contributed by atoms with Crippen LogP contribution in [0.1, 0.15) is 53.4 Å². The lowest BCUT2D eigenvalue weighted by atomic mass is 9.86. The smallest absolute Gasteiger partial charge is 0.251 e. The van der Waals surface area contributed by atoms with Gasteiger partial charge < -0.3 is 5.32 Å². The maximum atomic E-state index is 13.1. The Balaban J connectivity index is 1.52. The molecule has 1 aromatic carbocycles. The van der Waals surface area contributed by atoms with Crippen molar-refractivity contribution in [1.82, 2.24) is 9.62 Å². The van der Waals surface area contributed by atoms with Gasteiger partial charge in [0.15, 0.2) is 0 Å². The number of hydrogen-bond donors (Lipinski definition) is 1. The molecular weight excluding hydrogens is 392 g/mol. The lowest BCUT2D eigenvalue weighted by Crippen LogP contribution is -2.41. The van der Waals surface area contributed by atoms with Crippen LogP contribution in [-0.2, 0) is 23.0 Å². The van der Waals surface area contributed by atoms with Crippen LogP contribution in [0.25, 0.3) is 0 Å². The molecule has 2 aliphatic rings. The number of rotatable bonds is 4.